The molecule has 2 aromatic carbocycles. The molecule has 0 saturated carbocycles. The molecule has 0 radical (unpaired) electrons. The Labute approximate surface area is 145 Å². The predicted molar refractivity (Wildman–Crippen MR) is 95.4 cm³/mol. The molecule has 1 amide bonds. The molecule has 2 rings (SSSR count). The molecular formula is C19H20BrNO2. The van der Waals surface area contributed by atoms with Crippen LogP contribution in [-0.4, -0.2) is 23.6 Å². The maximum Gasteiger partial charge on any atom is 0.223 e. The van der Waals surface area contributed by atoms with Crippen LogP contribution >= 0.6 is 15.9 Å². The van der Waals surface area contributed by atoms with Crippen LogP contribution in [0.5, 0.6) is 0 Å². The van der Waals surface area contributed by atoms with Crippen LogP contribution in [-0.2, 0) is 11.3 Å². The number of benzene rings is 2. The minimum atomic E-state index is -0.0267. The van der Waals surface area contributed by atoms with E-state index in [9.17, 15) is 9.59 Å². The summed E-state index contributed by atoms with van der Waals surface area (Å²) in [5.74, 6) is -0.0196. The van der Waals surface area contributed by atoms with Crippen molar-refractivity contribution in [3.05, 3.63) is 69.7 Å². The van der Waals surface area contributed by atoms with Crippen LogP contribution in [0, 0.1) is 6.92 Å². The number of halogens is 1. The smallest absolute Gasteiger partial charge is 0.223 e. The summed E-state index contributed by atoms with van der Waals surface area (Å²) < 4.78 is 0.982. The lowest BCUT2D eigenvalue weighted by Crippen LogP contribution is -2.26. The van der Waals surface area contributed by atoms with Crippen LogP contribution < -0.4 is 0 Å². The number of carbonyl (C=O) groups is 2. The monoisotopic (exact) mass is 373 g/mol. The fraction of sp³-hybridized carbons (Fsp3) is 0.263. The van der Waals surface area contributed by atoms with Crippen molar-refractivity contribution < 1.29 is 9.59 Å². The van der Waals surface area contributed by atoms with Gasteiger partial charge in [-0.3, -0.25) is 9.59 Å². The molecule has 4 heteroatoms. The summed E-state index contributed by atoms with van der Waals surface area (Å²) in [5, 5.41) is 0. The molecule has 0 heterocycles. The molecule has 0 aliphatic heterocycles. The first-order valence-electron chi connectivity index (χ1n) is 7.54. The Morgan fingerprint density at radius 2 is 1.65 bits per heavy atom. The van der Waals surface area contributed by atoms with Gasteiger partial charge in [-0.05, 0) is 18.6 Å². The van der Waals surface area contributed by atoms with Gasteiger partial charge in [0.1, 0.15) is 0 Å². The standard InChI is InChI=1S/C19H20BrNO2/c1-14-7-9-15(10-8-14)18(22)11-12-19(23)21(2)13-16-5-3-4-6-17(16)20/h3-10H,11-13H2,1-2H3. The van der Waals surface area contributed by atoms with Gasteiger partial charge in [-0.2, -0.15) is 0 Å². The molecule has 0 aliphatic rings. The van der Waals surface area contributed by atoms with E-state index in [1.165, 1.54) is 0 Å². The number of carbonyl (C=O) groups excluding carboxylic acids is 2. The van der Waals surface area contributed by atoms with E-state index in [0.717, 1.165) is 15.6 Å². The van der Waals surface area contributed by atoms with Gasteiger partial charge in [0, 0.05) is 36.5 Å². The third kappa shape index (κ3) is 5.03. The number of ketones is 1. The predicted octanol–water partition coefficient (Wildman–Crippen LogP) is 4.38. The van der Waals surface area contributed by atoms with Crippen molar-refractivity contribution in [3.8, 4) is 0 Å². The molecule has 120 valence electrons. The van der Waals surface area contributed by atoms with E-state index in [1.54, 1.807) is 11.9 Å². The minimum Gasteiger partial charge on any atom is -0.341 e. The normalized spacial score (nSPS) is 10.4. The summed E-state index contributed by atoms with van der Waals surface area (Å²) in [6.45, 7) is 2.51. The summed E-state index contributed by atoms with van der Waals surface area (Å²) in [7, 11) is 1.76. The van der Waals surface area contributed by atoms with Crippen molar-refractivity contribution in [2.24, 2.45) is 0 Å². The number of rotatable bonds is 6. The van der Waals surface area contributed by atoms with Crippen molar-refractivity contribution in [2.75, 3.05) is 7.05 Å². The molecule has 0 aliphatic carbocycles. The fourth-order valence-corrected chi connectivity index (χ4v) is 2.68. The van der Waals surface area contributed by atoms with Gasteiger partial charge in [0.05, 0.1) is 0 Å². The summed E-state index contributed by atoms with van der Waals surface area (Å²) >= 11 is 3.48. The highest BCUT2D eigenvalue weighted by Gasteiger charge is 2.13. The van der Waals surface area contributed by atoms with Gasteiger partial charge in [-0.25, -0.2) is 0 Å². The molecular weight excluding hydrogens is 354 g/mol. The number of amides is 1. The number of Topliss-reactive ketones (excluding diaryl/α,β-unsaturated/α-hetero) is 1. The van der Waals surface area contributed by atoms with E-state index < -0.39 is 0 Å². The highest BCUT2D eigenvalue weighted by atomic mass is 79.9. The van der Waals surface area contributed by atoms with Gasteiger partial charge in [0.2, 0.25) is 5.91 Å². The summed E-state index contributed by atoms with van der Waals surface area (Å²) in [4.78, 5) is 26.0. The number of aryl methyl sites for hydroxylation is 1. The second-order valence-corrected chi connectivity index (χ2v) is 6.48. The maximum absolute atomic E-state index is 12.2. The zero-order valence-electron chi connectivity index (χ0n) is 13.4. The van der Waals surface area contributed by atoms with Crippen LogP contribution in [0.4, 0.5) is 0 Å². The summed E-state index contributed by atoms with van der Waals surface area (Å²) in [6.07, 6.45) is 0.468. The largest absolute Gasteiger partial charge is 0.341 e. The first kappa shape index (κ1) is 17.4. The molecule has 0 unspecified atom stereocenters. The Morgan fingerprint density at radius 3 is 2.30 bits per heavy atom. The third-order valence-electron chi connectivity index (χ3n) is 3.73. The number of hydrogen-bond donors (Lipinski definition) is 0. The van der Waals surface area contributed by atoms with E-state index >= 15 is 0 Å². The van der Waals surface area contributed by atoms with Gasteiger partial charge in [0.15, 0.2) is 5.78 Å². The molecule has 23 heavy (non-hydrogen) atoms. The highest BCUT2D eigenvalue weighted by Crippen LogP contribution is 2.18. The molecule has 0 N–H and O–H groups in total. The Balaban J connectivity index is 1.87. The lowest BCUT2D eigenvalue weighted by molar-refractivity contribution is -0.130. The topological polar surface area (TPSA) is 37.4 Å². The van der Waals surface area contributed by atoms with Crippen LogP contribution in [0.2, 0.25) is 0 Å². The first-order chi connectivity index (χ1) is 11.0. The van der Waals surface area contributed by atoms with Gasteiger partial charge in [-0.1, -0.05) is 64.0 Å². The quantitative estimate of drug-likeness (QED) is 0.704. The Morgan fingerprint density at radius 1 is 1.00 bits per heavy atom. The zero-order chi connectivity index (χ0) is 16.8. The van der Waals surface area contributed by atoms with Crippen molar-refractivity contribution in [3.63, 3.8) is 0 Å². The zero-order valence-corrected chi connectivity index (χ0v) is 15.0. The SMILES string of the molecule is Cc1ccc(C(=O)CCC(=O)N(C)Cc2ccccc2Br)cc1. The molecule has 0 atom stereocenters. The fourth-order valence-electron chi connectivity index (χ4n) is 2.27. The van der Waals surface area contributed by atoms with E-state index in [-0.39, 0.29) is 24.5 Å². The van der Waals surface area contributed by atoms with Crippen molar-refractivity contribution in [1.82, 2.24) is 4.90 Å². The van der Waals surface area contributed by atoms with Crippen molar-refractivity contribution in [1.29, 1.82) is 0 Å². The van der Waals surface area contributed by atoms with Gasteiger partial charge < -0.3 is 4.90 Å². The van der Waals surface area contributed by atoms with Gasteiger partial charge in [-0.15, -0.1) is 0 Å². The van der Waals surface area contributed by atoms with Crippen molar-refractivity contribution in [2.45, 2.75) is 26.3 Å². The Kier molecular flexibility index (Phi) is 6.11. The molecule has 3 nitrogen and oxygen atoms in total. The number of nitrogens with zero attached hydrogens (tertiary/aromatic N) is 1. The van der Waals surface area contributed by atoms with Crippen molar-refractivity contribution >= 4 is 27.6 Å². The van der Waals surface area contributed by atoms with E-state index in [0.29, 0.717) is 12.1 Å². The van der Waals surface area contributed by atoms with E-state index in [2.05, 4.69) is 15.9 Å². The average Bonchev–Trinajstić information content (AvgIpc) is 2.55. The molecule has 0 aromatic heterocycles. The van der Waals surface area contributed by atoms with Crippen LogP contribution in [0.1, 0.15) is 34.3 Å². The highest BCUT2D eigenvalue weighted by molar-refractivity contribution is 9.10. The second-order valence-electron chi connectivity index (χ2n) is 5.63. The summed E-state index contributed by atoms with van der Waals surface area (Å²) in [5.41, 5.74) is 2.83. The molecule has 0 bridgehead atoms. The van der Waals surface area contributed by atoms with Gasteiger partial charge >= 0.3 is 0 Å². The Hall–Kier alpha value is -1.94. The second kappa shape index (κ2) is 8.06. The molecule has 0 fully saturated rings. The first-order valence-corrected chi connectivity index (χ1v) is 8.34. The average molecular weight is 374 g/mol. The molecule has 2 aromatic rings. The summed E-state index contributed by atoms with van der Waals surface area (Å²) in [6, 6.07) is 15.3. The van der Waals surface area contributed by atoms with Crippen LogP contribution in [0.25, 0.3) is 0 Å². The molecule has 0 saturated heterocycles. The third-order valence-corrected chi connectivity index (χ3v) is 4.50. The Bertz CT molecular complexity index is 695. The minimum absolute atomic E-state index is 0.00708. The van der Waals surface area contributed by atoms with Crippen LogP contribution in [0.15, 0.2) is 53.0 Å². The maximum atomic E-state index is 12.2. The van der Waals surface area contributed by atoms with Gasteiger partial charge in [0.25, 0.3) is 0 Å². The lowest BCUT2D eigenvalue weighted by Gasteiger charge is -2.18. The number of hydrogen-bond acceptors (Lipinski definition) is 2. The van der Waals surface area contributed by atoms with Crippen LogP contribution in [0.3, 0.4) is 0 Å². The van der Waals surface area contributed by atoms with E-state index in [4.69, 9.17) is 0 Å². The molecule has 0 spiro atoms. The lowest BCUT2D eigenvalue weighted by atomic mass is 10.0. The van der Waals surface area contributed by atoms with E-state index in [1.807, 2.05) is 55.5 Å².